The van der Waals surface area contributed by atoms with Gasteiger partial charge >= 0.3 is 0 Å². The number of carbonyl (C=O) groups is 2. The molecular weight excluding hydrogens is 592 g/mol. The molecule has 2 saturated heterocycles. The van der Waals surface area contributed by atoms with Crippen LogP contribution in [-0.2, 0) is 13.1 Å². The standard InChI is InChI=1S/C37H40N6O4/c1-46-33-10-5-28(6-11-33)25-40-17-13-31(14-18-40)39-36(44)35-24-30-23-29(7-12-34(30)47-35)37(45)42-21-19-41(20-22-42)26-27-3-8-32(9-4-27)43-16-2-15-38-43/h2-12,15-16,23-24,31H,13-14,17-22,25-26H2,1H3,(H,39,44). The highest BCUT2D eigenvalue weighted by Crippen LogP contribution is 2.23. The Hall–Kier alpha value is -4.93. The number of piperidine rings is 1. The summed E-state index contributed by atoms with van der Waals surface area (Å²) in [5.41, 5.74) is 4.73. The van der Waals surface area contributed by atoms with Crippen LogP contribution in [0.2, 0.25) is 0 Å². The first-order chi connectivity index (χ1) is 23.0. The van der Waals surface area contributed by atoms with Crippen molar-refractivity contribution < 1.29 is 18.7 Å². The zero-order chi connectivity index (χ0) is 32.2. The zero-order valence-corrected chi connectivity index (χ0v) is 26.7. The summed E-state index contributed by atoms with van der Waals surface area (Å²) >= 11 is 0. The van der Waals surface area contributed by atoms with Gasteiger partial charge in [0.15, 0.2) is 5.76 Å². The van der Waals surface area contributed by atoms with Crippen molar-refractivity contribution in [2.24, 2.45) is 0 Å². The van der Waals surface area contributed by atoms with E-state index in [1.54, 1.807) is 31.5 Å². The van der Waals surface area contributed by atoms with Gasteiger partial charge in [-0.05, 0) is 78.6 Å². The number of carbonyl (C=O) groups excluding carboxylic acids is 2. The van der Waals surface area contributed by atoms with Crippen molar-refractivity contribution in [3.8, 4) is 11.4 Å². The molecule has 7 rings (SSSR count). The summed E-state index contributed by atoms with van der Waals surface area (Å²) in [6, 6.07) is 25.8. The van der Waals surface area contributed by atoms with Crippen LogP contribution in [0, 0.1) is 0 Å². The summed E-state index contributed by atoms with van der Waals surface area (Å²) in [5, 5.41) is 8.20. The quantitative estimate of drug-likeness (QED) is 0.245. The number of furan rings is 1. The molecule has 0 radical (unpaired) electrons. The first-order valence-corrected chi connectivity index (χ1v) is 16.3. The summed E-state index contributed by atoms with van der Waals surface area (Å²) in [6.07, 6.45) is 5.47. The highest BCUT2D eigenvalue weighted by molar-refractivity contribution is 6.00. The lowest BCUT2D eigenvalue weighted by Crippen LogP contribution is -2.48. The third kappa shape index (κ3) is 7.24. The van der Waals surface area contributed by atoms with Gasteiger partial charge < -0.3 is 19.4 Å². The van der Waals surface area contributed by atoms with E-state index in [4.69, 9.17) is 9.15 Å². The first kappa shape index (κ1) is 30.7. The van der Waals surface area contributed by atoms with Gasteiger partial charge in [-0.2, -0.15) is 5.10 Å². The SMILES string of the molecule is COc1ccc(CN2CCC(NC(=O)c3cc4cc(C(=O)N5CCN(Cc6ccc(-n7cccn7)cc6)CC5)ccc4o3)CC2)cc1. The number of amides is 2. The van der Waals surface area contributed by atoms with Crippen LogP contribution in [0.4, 0.5) is 0 Å². The van der Waals surface area contributed by atoms with Crippen LogP contribution >= 0.6 is 0 Å². The maximum Gasteiger partial charge on any atom is 0.287 e. The normalized spacial score (nSPS) is 16.4. The minimum absolute atomic E-state index is 0.00345. The summed E-state index contributed by atoms with van der Waals surface area (Å²) in [5.74, 6) is 0.925. The zero-order valence-electron chi connectivity index (χ0n) is 26.7. The lowest BCUT2D eigenvalue weighted by atomic mass is 10.0. The van der Waals surface area contributed by atoms with Gasteiger partial charge in [-0.3, -0.25) is 19.4 Å². The Balaban J connectivity index is 0.887. The maximum absolute atomic E-state index is 13.4. The molecule has 10 nitrogen and oxygen atoms in total. The van der Waals surface area contributed by atoms with Crippen molar-refractivity contribution in [3.05, 3.63) is 114 Å². The molecule has 0 bridgehead atoms. The number of ether oxygens (including phenoxy) is 1. The van der Waals surface area contributed by atoms with E-state index in [0.717, 1.165) is 68.9 Å². The number of benzene rings is 3. The second-order valence-electron chi connectivity index (χ2n) is 12.4. The third-order valence-corrected chi connectivity index (χ3v) is 9.25. The van der Waals surface area contributed by atoms with Crippen LogP contribution in [-0.4, -0.2) is 88.7 Å². The van der Waals surface area contributed by atoms with Crippen molar-refractivity contribution >= 4 is 22.8 Å². The lowest BCUT2D eigenvalue weighted by molar-refractivity contribution is 0.0628. The molecule has 2 aliphatic heterocycles. The molecule has 0 atom stereocenters. The van der Waals surface area contributed by atoms with E-state index in [1.165, 1.54) is 11.1 Å². The van der Waals surface area contributed by atoms with Crippen molar-refractivity contribution in [1.82, 2.24) is 29.8 Å². The molecule has 2 aromatic heterocycles. The molecule has 2 fully saturated rings. The second kappa shape index (κ2) is 13.8. The summed E-state index contributed by atoms with van der Waals surface area (Å²) < 4.78 is 13.0. The number of methoxy groups -OCH3 is 1. The molecule has 242 valence electrons. The molecule has 10 heteroatoms. The maximum atomic E-state index is 13.4. The van der Waals surface area contributed by atoms with E-state index < -0.39 is 0 Å². The van der Waals surface area contributed by atoms with Crippen LogP contribution in [0.5, 0.6) is 5.75 Å². The van der Waals surface area contributed by atoms with E-state index in [0.29, 0.717) is 24.2 Å². The summed E-state index contributed by atoms with van der Waals surface area (Å²) in [7, 11) is 1.67. The van der Waals surface area contributed by atoms with Crippen LogP contribution in [0.25, 0.3) is 16.7 Å². The van der Waals surface area contributed by atoms with E-state index in [-0.39, 0.29) is 23.6 Å². The molecule has 3 aromatic carbocycles. The molecule has 4 heterocycles. The fourth-order valence-electron chi connectivity index (χ4n) is 6.49. The molecule has 47 heavy (non-hydrogen) atoms. The van der Waals surface area contributed by atoms with Crippen molar-refractivity contribution in [1.29, 1.82) is 0 Å². The number of likely N-dealkylation sites (tertiary alicyclic amines) is 1. The molecule has 2 amide bonds. The topological polar surface area (TPSA) is 96.1 Å². The van der Waals surface area contributed by atoms with Crippen LogP contribution in [0.3, 0.4) is 0 Å². The predicted octanol–water partition coefficient (Wildman–Crippen LogP) is 4.98. The van der Waals surface area contributed by atoms with E-state index in [2.05, 4.69) is 56.6 Å². The van der Waals surface area contributed by atoms with Crippen LogP contribution < -0.4 is 10.1 Å². The molecule has 0 aliphatic carbocycles. The minimum Gasteiger partial charge on any atom is -0.497 e. The third-order valence-electron chi connectivity index (χ3n) is 9.25. The number of fused-ring (bicyclic) bond motifs is 1. The van der Waals surface area contributed by atoms with Gasteiger partial charge in [-0.25, -0.2) is 4.68 Å². The number of hydrogen-bond acceptors (Lipinski definition) is 7. The smallest absolute Gasteiger partial charge is 0.287 e. The van der Waals surface area contributed by atoms with Crippen LogP contribution in [0.1, 0.15) is 44.9 Å². The molecular formula is C37H40N6O4. The fourth-order valence-corrected chi connectivity index (χ4v) is 6.49. The van der Waals surface area contributed by atoms with Crippen LogP contribution in [0.15, 0.2) is 95.7 Å². The van der Waals surface area contributed by atoms with Crippen molar-refractivity contribution in [2.75, 3.05) is 46.4 Å². The average Bonchev–Trinajstić information content (AvgIpc) is 3.81. The highest BCUT2D eigenvalue weighted by Gasteiger charge is 2.25. The van der Waals surface area contributed by atoms with E-state index in [1.807, 2.05) is 40.0 Å². The highest BCUT2D eigenvalue weighted by atomic mass is 16.5. The van der Waals surface area contributed by atoms with E-state index in [9.17, 15) is 9.59 Å². The van der Waals surface area contributed by atoms with Gasteiger partial charge in [-0.15, -0.1) is 0 Å². The Morgan fingerprint density at radius 3 is 2.19 bits per heavy atom. The van der Waals surface area contributed by atoms with Gasteiger partial charge in [0.2, 0.25) is 0 Å². The van der Waals surface area contributed by atoms with Gasteiger partial charge in [0.05, 0.1) is 12.8 Å². The van der Waals surface area contributed by atoms with E-state index >= 15 is 0 Å². The number of rotatable bonds is 9. The van der Waals surface area contributed by atoms with Gasteiger partial charge in [0, 0.05) is 81.7 Å². The Morgan fingerprint density at radius 2 is 1.53 bits per heavy atom. The van der Waals surface area contributed by atoms with Gasteiger partial charge in [0.25, 0.3) is 11.8 Å². The molecule has 0 unspecified atom stereocenters. The monoisotopic (exact) mass is 632 g/mol. The number of aromatic nitrogens is 2. The van der Waals surface area contributed by atoms with Gasteiger partial charge in [-0.1, -0.05) is 24.3 Å². The Bertz CT molecular complexity index is 1800. The summed E-state index contributed by atoms with van der Waals surface area (Å²) in [6.45, 7) is 6.51. The number of nitrogens with zero attached hydrogens (tertiary/aromatic N) is 5. The Morgan fingerprint density at radius 1 is 0.851 bits per heavy atom. The molecule has 0 spiro atoms. The average molecular weight is 633 g/mol. The first-order valence-electron chi connectivity index (χ1n) is 16.3. The molecule has 0 saturated carbocycles. The number of piperazine rings is 1. The molecule has 5 aromatic rings. The Kier molecular flexibility index (Phi) is 9.03. The number of hydrogen-bond donors (Lipinski definition) is 1. The largest absolute Gasteiger partial charge is 0.497 e. The molecule has 2 aliphatic rings. The summed E-state index contributed by atoms with van der Waals surface area (Å²) in [4.78, 5) is 33.2. The number of nitrogens with one attached hydrogen (secondary N) is 1. The van der Waals surface area contributed by atoms with Crippen molar-refractivity contribution in [3.63, 3.8) is 0 Å². The predicted molar refractivity (Wildman–Crippen MR) is 180 cm³/mol. The molecule has 1 N–H and O–H groups in total. The fraction of sp³-hybridized carbons (Fsp3) is 0.324. The second-order valence-corrected chi connectivity index (χ2v) is 12.4. The minimum atomic E-state index is -0.213. The van der Waals surface area contributed by atoms with Crippen molar-refractivity contribution in [2.45, 2.75) is 32.0 Å². The lowest BCUT2D eigenvalue weighted by Gasteiger charge is -2.34. The van der Waals surface area contributed by atoms with Gasteiger partial charge in [0.1, 0.15) is 11.3 Å². The Labute approximate surface area is 274 Å².